The van der Waals surface area contributed by atoms with Crippen LogP contribution in [0.5, 0.6) is 11.5 Å². The van der Waals surface area contributed by atoms with Gasteiger partial charge in [0.1, 0.15) is 24.2 Å². The quantitative estimate of drug-likeness (QED) is 0.323. The topological polar surface area (TPSA) is 101 Å². The van der Waals surface area contributed by atoms with Crippen molar-refractivity contribution in [3.63, 3.8) is 0 Å². The minimum atomic E-state index is -4.82. The summed E-state index contributed by atoms with van der Waals surface area (Å²) in [4.78, 5) is 17.6. The maximum absolute atomic E-state index is 13.1. The molecule has 4 rings (SSSR count). The van der Waals surface area contributed by atoms with Crippen LogP contribution in [0.2, 0.25) is 0 Å². The summed E-state index contributed by atoms with van der Waals surface area (Å²) in [6, 6.07) is 20.4. The van der Waals surface area contributed by atoms with Gasteiger partial charge in [-0.15, -0.1) is 13.2 Å². The van der Waals surface area contributed by atoms with Gasteiger partial charge in [-0.05, 0) is 36.4 Å². The first kappa shape index (κ1) is 25.0. The number of hydrogen-bond acceptors (Lipinski definition) is 6. The van der Waals surface area contributed by atoms with E-state index < -0.39 is 25.0 Å². The van der Waals surface area contributed by atoms with Crippen LogP contribution in [0.25, 0.3) is 22.2 Å². The molecule has 4 aromatic rings. The molecule has 0 spiro atoms. The molecule has 0 saturated carbocycles. The number of fused-ring (bicyclic) bond motifs is 1. The number of para-hydroxylation sites is 1. The number of aromatic nitrogens is 1. The molecule has 1 atom stereocenters. The average Bonchev–Trinajstić information content (AvgIpc) is 2.86. The Morgan fingerprint density at radius 1 is 0.972 bits per heavy atom. The second-order valence-corrected chi connectivity index (χ2v) is 7.78. The zero-order valence-corrected chi connectivity index (χ0v) is 18.7. The number of anilines is 1. The van der Waals surface area contributed by atoms with Crippen molar-refractivity contribution >= 4 is 22.5 Å². The number of carbonyl (C=O) groups is 1. The van der Waals surface area contributed by atoms with Crippen molar-refractivity contribution < 1.29 is 37.7 Å². The molecule has 3 aromatic carbocycles. The van der Waals surface area contributed by atoms with Crippen LogP contribution < -0.4 is 14.8 Å². The lowest BCUT2D eigenvalue weighted by Crippen LogP contribution is -2.21. The van der Waals surface area contributed by atoms with Crippen molar-refractivity contribution in [2.24, 2.45) is 0 Å². The highest BCUT2D eigenvalue weighted by atomic mass is 19.4. The highest BCUT2D eigenvalue weighted by Gasteiger charge is 2.31. The summed E-state index contributed by atoms with van der Waals surface area (Å²) in [6.07, 6.45) is -5.85. The van der Waals surface area contributed by atoms with Gasteiger partial charge in [0, 0.05) is 22.7 Å². The molecule has 0 aliphatic rings. The number of rotatable bonds is 8. The van der Waals surface area contributed by atoms with Gasteiger partial charge in [0.15, 0.2) is 0 Å². The SMILES string of the molecule is O=C(Nc1cccc(OCC(O)CO)c1)c1cccc2ccc(-c3cccc(OC(F)(F)F)c3)nc12. The van der Waals surface area contributed by atoms with E-state index in [1.165, 1.54) is 18.2 Å². The van der Waals surface area contributed by atoms with Gasteiger partial charge >= 0.3 is 6.36 Å². The van der Waals surface area contributed by atoms with E-state index in [0.717, 1.165) is 0 Å². The van der Waals surface area contributed by atoms with Crippen LogP contribution in [0.15, 0.2) is 78.9 Å². The lowest BCUT2D eigenvalue weighted by atomic mass is 10.1. The predicted octanol–water partition coefficient (Wildman–Crippen LogP) is 4.78. The van der Waals surface area contributed by atoms with Gasteiger partial charge in [-0.25, -0.2) is 4.98 Å². The van der Waals surface area contributed by atoms with Crippen molar-refractivity contribution in [3.8, 4) is 22.8 Å². The van der Waals surface area contributed by atoms with Crippen molar-refractivity contribution in [1.82, 2.24) is 4.98 Å². The molecule has 0 fully saturated rings. The van der Waals surface area contributed by atoms with Gasteiger partial charge in [-0.1, -0.05) is 36.4 Å². The van der Waals surface area contributed by atoms with Crippen LogP contribution in [0, 0.1) is 0 Å². The number of nitrogens with zero attached hydrogens (tertiary/aromatic N) is 1. The fourth-order valence-corrected chi connectivity index (χ4v) is 3.45. The summed E-state index contributed by atoms with van der Waals surface area (Å²) in [5.74, 6) is -0.437. The molecule has 36 heavy (non-hydrogen) atoms. The number of ether oxygens (including phenoxy) is 2. The number of alkyl halides is 3. The number of amides is 1. The molecule has 186 valence electrons. The largest absolute Gasteiger partial charge is 0.573 e. The summed E-state index contributed by atoms with van der Waals surface area (Å²) in [5.41, 5.74) is 1.82. The Morgan fingerprint density at radius 3 is 2.50 bits per heavy atom. The molecule has 0 aliphatic carbocycles. The van der Waals surface area contributed by atoms with Crippen LogP contribution in [0.4, 0.5) is 18.9 Å². The lowest BCUT2D eigenvalue weighted by Gasteiger charge is -2.12. The molecule has 10 heteroatoms. The average molecular weight is 498 g/mol. The number of nitrogens with one attached hydrogen (secondary N) is 1. The third-order valence-electron chi connectivity index (χ3n) is 5.07. The summed E-state index contributed by atoms with van der Waals surface area (Å²) >= 11 is 0. The van der Waals surface area contributed by atoms with Gasteiger partial charge < -0.3 is 25.0 Å². The molecule has 1 amide bonds. The standard InChI is InChI=1S/C26H21F3N2O5/c27-26(28,29)36-21-8-1-5-17(12-21)23-11-10-16-4-2-9-22(24(16)31-23)25(34)30-18-6-3-7-20(13-18)35-15-19(33)14-32/h1-13,19,32-33H,14-15H2,(H,30,34). The number of benzene rings is 3. The van der Waals surface area contributed by atoms with Gasteiger partial charge in [-0.3, -0.25) is 4.79 Å². The van der Waals surface area contributed by atoms with Crippen LogP contribution >= 0.6 is 0 Å². The maximum Gasteiger partial charge on any atom is 0.573 e. The molecule has 1 unspecified atom stereocenters. The zero-order valence-electron chi connectivity index (χ0n) is 18.7. The number of halogens is 3. The molecule has 1 aromatic heterocycles. The number of aliphatic hydroxyl groups excluding tert-OH is 2. The first-order chi connectivity index (χ1) is 17.2. The molecular formula is C26H21F3N2O5. The van der Waals surface area contributed by atoms with E-state index in [1.54, 1.807) is 60.7 Å². The first-order valence-electron chi connectivity index (χ1n) is 10.8. The Labute approximate surface area is 203 Å². The Hall–Kier alpha value is -4.15. The number of aliphatic hydroxyl groups is 2. The number of carbonyl (C=O) groups excluding carboxylic acids is 1. The van der Waals surface area contributed by atoms with Crippen LogP contribution in [-0.2, 0) is 0 Å². The summed E-state index contributed by atoms with van der Waals surface area (Å²) in [6.45, 7) is -0.550. The summed E-state index contributed by atoms with van der Waals surface area (Å²) in [5, 5.41) is 21.8. The molecule has 0 bridgehead atoms. The van der Waals surface area contributed by atoms with Crippen molar-refractivity contribution in [2.75, 3.05) is 18.5 Å². The van der Waals surface area contributed by atoms with Crippen LogP contribution in [0.3, 0.4) is 0 Å². The molecule has 0 radical (unpaired) electrons. The molecule has 0 saturated heterocycles. The van der Waals surface area contributed by atoms with Crippen LogP contribution in [0.1, 0.15) is 10.4 Å². The lowest BCUT2D eigenvalue weighted by molar-refractivity contribution is -0.274. The first-order valence-corrected chi connectivity index (χ1v) is 10.8. The van der Waals surface area contributed by atoms with Gasteiger partial charge in [0.2, 0.25) is 0 Å². The predicted molar refractivity (Wildman–Crippen MR) is 127 cm³/mol. The van der Waals surface area contributed by atoms with E-state index in [1.807, 2.05) is 0 Å². The number of hydrogen-bond donors (Lipinski definition) is 3. The third-order valence-corrected chi connectivity index (χ3v) is 5.07. The normalized spacial score (nSPS) is 12.2. The maximum atomic E-state index is 13.1. The van der Waals surface area contributed by atoms with Crippen LogP contribution in [-0.4, -0.2) is 46.8 Å². The van der Waals surface area contributed by atoms with E-state index in [4.69, 9.17) is 9.84 Å². The van der Waals surface area contributed by atoms with Crippen molar-refractivity contribution in [2.45, 2.75) is 12.5 Å². The Balaban J connectivity index is 1.60. The molecule has 0 aliphatic heterocycles. The second-order valence-electron chi connectivity index (χ2n) is 7.78. The fraction of sp³-hybridized carbons (Fsp3) is 0.154. The molecular weight excluding hydrogens is 477 g/mol. The van der Waals surface area contributed by atoms with E-state index in [2.05, 4.69) is 15.0 Å². The Kier molecular flexibility index (Phi) is 7.37. The monoisotopic (exact) mass is 498 g/mol. The Morgan fingerprint density at radius 2 is 1.72 bits per heavy atom. The van der Waals surface area contributed by atoms with Gasteiger partial charge in [0.25, 0.3) is 5.91 Å². The second kappa shape index (κ2) is 10.6. The van der Waals surface area contributed by atoms with Gasteiger partial charge in [0.05, 0.1) is 23.4 Å². The van der Waals surface area contributed by atoms with E-state index >= 15 is 0 Å². The van der Waals surface area contributed by atoms with E-state index in [0.29, 0.717) is 33.6 Å². The fourth-order valence-electron chi connectivity index (χ4n) is 3.45. The molecule has 7 nitrogen and oxygen atoms in total. The highest BCUT2D eigenvalue weighted by molar-refractivity contribution is 6.12. The van der Waals surface area contributed by atoms with Gasteiger partial charge in [-0.2, -0.15) is 0 Å². The van der Waals surface area contributed by atoms with E-state index in [9.17, 15) is 23.1 Å². The molecule has 3 N–H and O–H groups in total. The van der Waals surface area contributed by atoms with Crippen molar-refractivity contribution in [1.29, 1.82) is 0 Å². The zero-order chi connectivity index (χ0) is 25.7. The highest BCUT2D eigenvalue weighted by Crippen LogP contribution is 2.29. The van der Waals surface area contributed by atoms with E-state index in [-0.39, 0.29) is 17.9 Å². The summed E-state index contributed by atoms with van der Waals surface area (Å²) < 4.78 is 47.2. The Bertz CT molecular complexity index is 1380. The van der Waals surface area contributed by atoms with Crippen molar-refractivity contribution in [3.05, 3.63) is 84.4 Å². The third kappa shape index (κ3) is 6.29. The minimum Gasteiger partial charge on any atom is -0.491 e. The number of pyridine rings is 1. The summed E-state index contributed by atoms with van der Waals surface area (Å²) in [7, 11) is 0. The smallest absolute Gasteiger partial charge is 0.491 e. The minimum absolute atomic E-state index is 0.112. The molecule has 1 heterocycles.